The fourth-order valence-corrected chi connectivity index (χ4v) is 10.0. The van der Waals surface area contributed by atoms with Crippen LogP contribution in [0.25, 0.3) is 0 Å². The van der Waals surface area contributed by atoms with Crippen LogP contribution in [0.1, 0.15) is 142 Å². The summed E-state index contributed by atoms with van der Waals surface area (Å²) in [7, 11) is 2.66. The van der Waals surface area contributed by atoms with Crippen LogP contribution in [0.5, 0.6) is 0 Å². The van der Waals surface area contributed by atoms with Crippen molar-refractivity contribution in [3.8, 4) is 0 Å². The van der Waals surface area contributed by atoms with Crippen LogP contribution in [0.2, 0.25) is 0 Å². The van der Waals surface area contributed by atoms with Crippen LogP contribution >= 0.6 is 17.2 Å². The van der Waals surface area contributed by atoms with Crippen molar-refractivity contribution in [1.82, 2.24) is 0 Å². The highest BCUT2D eigenvalue weighted by Crippen LogP contribution is 2.42. The van der Waals surface area contributed by atoms with Gasteiger partial charge >= 0.3 is 0 Å². The van der Waals surface area contributed by atoms with Gasteiger partial charge in [0, 0.05) is 0 Å². The van der Waals surface area contributed by atoms with Crippen molar-refractivity contribution in [2.45, 2.75) is 165 Å². The van der Waals surface area contributed by atoms with Gasteiger partial charge in [-0.25, -0.2) is 0 Å². The molecule has 166 valence electrons. The lowest BCUT2D eigenvalue weighted by molar-refractivity contribution is 0.490. The van der Waals surface area contributed by atoms with Crippen LogP contribution in [0.4, 0.5) is 0 Å². The first-order valence-corrected chi connectivity index (χ1v) is 15.7. The molecule has 0 amide bonds. The summed E-state index contributed by atoms with van der Waals surface area (Å²) in [6, 6.07) is 0. The van der Waals surface area contributed by atoms with Crippen LogP contribution < -0.4 is 0 Å². The molecule has 0 spiro atoms. The zero-order valence-electron chi connectivity index (χ0n) is 19.5. The lowest BCUT2D eigenvalue weighted by Gasteiger charge is -2.28. The summed E-state index contributed by atoms with van der Waals surface area (Å²) in [6.45, 7) is 4.00. The Kier molecular flexibility index (Phi) is 14.8. The van der Waals surface area contributed by atoms with Crippen LogP contribution in [0.3, 0.4) is 0 Å². The normalized spacial score (nSPS) is 25.9. The molecular weight excluding hydrogens is 374 g/mol. The second-order valence-electron chi connectivity index (χ2n) is 9.67. The maximum Gasteiger partial charge on any atom is -0.0234 e. The van der Waals surface area contributed by atoms with Crippen molar-refractivity contribution in [3.05, 3.63) is 0 Å². The summed E-state index contributed by atoms with van der Waals surface area (Å²) in [5.74, 6) is 0. The summed E-state index contributed by atoms with van der Waals surface area (Å²) in [5.41, 5.74) is 4.60. The molecule has 4 rings (SSSR count). The summed E-state index contributed by atoms with van der Waals surface area (Å²) in [6.07, 6.45) is 30.9. The van der Waals surface area contributed by atoms with Gasteiger partial charge in [0.1, 0.15) is 0 Å². The van der Waals surface area contributed by atoms with Crippen LogP contribution in [0.15, 0.2) is 0 Å². The van der Waals surface area contributed by atoms with Crippen molar-refractivity contribution in [2.75, 3.05) is 0 Å². The zero-order valence-corrected chi connectivity index (χ0v) is 21.5. The van der Waals surface area contributed by atoms with E-state index < -0.39 is 0 Å². The number of hydrogen-bond donors (Lipinski definition) is 0. The van der Waals surface area contributed by atoms with Crippen molar-refractivity contribution >= 4 is 17.2 Å². The summed E-state index contributed by atoms with van der Waals surface area (Å²) in [4.78, 5) is 0. The molecule has 0 aliphatic heterocycles. The van der Waals surface area contributed by atoms with Gasteiger partial charge < -0.3 is 0 Å². The zero-order chi connectivity index (χ0) is 19.9. The van der Waals surface area contributed by atoms with Crippen molar-refractivity contribution < 1.29 is 0 Å². The van der Waals surface area contributed by atoms with Crippen molar-refractivity contribution in [3.63, 3.8) is 0 Å². The smallest absolute Gasteiger partial charge is 0.0234 e. The van der Waals surface area contributed by atoms with E-state index in [0.717, 1.165) is 22.6 Å². The molecule has 2 heteroatoms. The van der Waals surface area contributed by atoms with E-state index in [4.69, 9.17) is 0 Å². The van der Waals surface area contributed by atoms with Gasteiger partial charge in [-0.3, -0.25) is 0 Å². The van der Waals surface area contributed by atoms with E-state index in [9.17, 15) is 0 Å². The molecule has 0 saturated heterocycles. The van der Waals surface area contributed by atoms with E-state index in [2.05, 4.69) is 0 Å². The SMILES string of the molecule is C1CCC(PC2CCCCC2)CC1.C1CCC(PC2CCCCC2)CC1.CC. The molecular formula is C26H52P2. The molecule has 0 aromatic carbocycles. The van der Waals surface area contributed by atoms with Gasteiger partial charge in [0.25, 0.3) is 0 Å². The molecule has 0 nitrogen and oxygen atoms in total. The Morgan fingerprint density at radius 1 is 0.321 bits per heavy atom. The molecule has 0 bridgehead atoms. The summed E-state index contributed by atoms with van der Waals surface area (Å²) >= 11 is 0. The Bertz CT molecular complexity index is 266. The van der Waals surface area contributed by atoms with Gasteiger partial charge in [0.2, 0.25) is 0 Å². The van der Waals surface area contributed by atoms with E-state index >= 15 is 0 Å². The Labute approximate surface area is 182 Å². The standard InChI is InChI=1S/2C12H23P.C2H6/c2*1-3-7-11(8-4-1)13-12-9-5-2-6-10-12;1-2/h2*11-13H,1-10H2;1-2H3. The van der Waals surface area contributed by atoms with E-state index in [1.54, 1.807) is 51.4 Å². The minimum absolute atomic E-state index is 1.15. The van der Waals surface area contributed by atoms with E-state index in [-0.39, 0.29) is 0 Å². The van der Waals surface area contributed by atoms with E-state index in [1.807, 2.05) is 13.8 Å². The molecule has 28 heavy (non-hydrogen) atoms. The minimum Gasteiger partial charge on any atom is -0.116 e. The Morgan fingerprint density at radius 2 is 0.500 bits per heavy atom. The molecule has 0 aromatic rings. The van der Waals surface area contributed by atoms with Gasteiger partial charge in [-0.1, -0.05) is 90.9 Å². The second kappa shape index (κ2) is 16.5. The summed E-state index contributed by atoms with van der Waals surface area (Å²) < 4.78 is 0. The van der Waals surface area contributed by atoms with Crippen molar-refractivity contribution in [1.29, 1.82) is 0 Å². The average Bonchev–Trinajstić information content (AvgIpc) is 2.79. The van der Waals surface area contributed by atoms with Gasteiger partial charge in [-0.05, 0) is 74.0 Å². The number of rotatable bonds is 4. The predicted molar refractivity (Wildman–Crippen MR) is 135 cm³/mol. The second-order valence-corrected chi connectivity index (χ2v) is 13.6. The minimum atomic E-state index is 1.15. The number of hydrogen-bond acceptors (Lipinski definition) is 0. The Hall–Kier alpha value is 0.860. The fraction of sp³-hybridized carbons (Fsp3) is 1.00. The topological polar surface area (TPSA) is 0 Å². The molecule has 0 radical (unpaired) electrons. The molecule has 0 atom stereocenters. The van der Waals surface area contributed by atoms with Gasteiger partial charge in [-0.15, -0.1) is 17.2 Å². The van der Waals surface area contributed by atoms with Crippen molar-refractivity contribution in [2.24, 2.45) is 0 Å². The third kappa shape index (κ3) is 10.8. The molecule has 0 heterocycles. The highest BCUT2D eigenvalue weighted by Gasteiger charge is 2.21. The third-order valence-corrected chi connectivity index (χ3v) is 11.6. The van der Waals surface area contributed by atoms with Crippen LogP contribution in [-0.4, -0.2) is 22.6 Å². The molecule has 4 fully saturated rings. The molecule has 0 unspecified atom stereocenters. The average molecular weight is 427 g/mol. The maximum atomic E-state index is 2.00. The van der Waals surface area contributed by atoms with Gasteiger partial charge in [-0.2, -0.15) is 0 Å². The van der Waals surface area contributed by atoms with Crippen LogP contribution in [-0.2, 0) is 0 Å². The lowest BCUT2D eigenvalue weighted by atomic mass is 10.00. The van der Waals surface area contributed by atoms with E-state index in [0.29, 0.717) is 0 Å². The Morgan fingerprint density at radius 3 is 0.679 bits per heavy atom. The fourth-order valence-electron chi connectivity index (χ4n) is 5.74. The van der Waals surface area contributed by atoms with Gasteiger partial charge in [0.15, 0.2) is 0 Å². The predicted octanol–water partition coefficient (Wildman–Crippen LogP) is 9.69. The molecule has 4 aliphatic rings. The first kappa shape index (κ1) is 25.1. The molecule has 0 aromatic heterocycles. The quantitative estimate of drug-likeness (QED) is 0.392. The first-order chi connectivity index (χ1) is 13.9. The largest absolute Gasteiger partial charge is 0.116 e. The van der Waals surface area contributed by atoms with Gasteiger partial charge in [0.05, 0.1) is 0 Å². The molecule has 0 N–H and O–H groups in total. The highest BCUT2D eigenvalue weighted by atomic mass is 31.1. The Balaban J connectivity index is 0.000000184. The maximum absolute atomic E-state index is 2.00. The summed E-state index contributed by atoms with van der Waals surface area (Å²) in [5, 5.41) is 0. The van der Waals surface area contributed by atoms with Crippen LogP contribution in [0, 0.1) is 0 Å². The first-order valence-electron chi connectivity index (χ1n) is 13.4. The monoisotopic (exact) mass is 426 g/mol. The van der Waals surface area contributed by atoms with E-state index in [1.165, 1.54) is 94.2 Å². The highest BCUT2D eigenvalue weighted by molar-refractivity contribution is 7.40. The lowest BCUT2D eigenvalue weighted by Crippen LogP contribution is -2.14. The molecule has 4 aliphatic carbocycles. The molecule has 4 saturated carbocycles. The third-order valence-electron chi connectivity index (χ3n) is 7.36.